The zero-order chi connectivity index (χ0) is 15.4. The molecule has 1 unspecified atom stereocenters. The zero-order valence-corrected chi connectivity index (χ0v) is 11.7. The fourth-order valence-electron chi connectivity index (χ4n) is 2.20. The maximum Gasteiger partial charge on any atom is 0.358 e. The van der Waals surface area contributed by atoms with Crippen LogP contribution in [0.3, 0.4) is 0 Å². The summed E-state index contributed by atoms with van der Waals surface area (Å²) in [4.78, 5) is 35.8. The second-order valence-corrected chi connectivity index (χ2v) is 4.80. The molecule has 0 aromatic carbocycles. The van der Waals surface area contributed by atoms with E-state index < -0.39 is 5.97 Å². The highest BCUT2D eigenvalue weighted by atomic mass is 16.4. The molecule has 1 aromatic rings. The number of carbonyl (C=O) groups excluding carboxylic acids is 2. The number of likely N-dealkylation sites (tertiary alicyclic amines) is 1. The minimum atomic E-state index is -1.14. The molecule has 2 rings (SSSR count). The number of carbonyl (C=O) groups is 3. The Bertz CT molecular complexity index is 556. The van der Waals surface area contributed by atoms with Crippen LogP contribution >= 0.6 is 0 Å². The summed E-state index contributed by atoms with van der Waals surface area (Å²) < 4.78 is 1.35. The molecule has 2 heterocycles. The Morgan fingerprint density at radius 3 is 2.86 bits per heavy atom. The van der Waals surface area contributed by atoms with Crippen LogP contribution in [0.4, 0.5) is 0 Å². The van der Waals surface area contributed by atoms with Gasteiger partial charge in [-0.3, -0.25) is 9.59 Å². The van der Waals surface area contributed by atoms with Crippen molar-refractivity contribution in [3.05, 3.63) is 11.9 Å². The second-order valence-electron chi connectivity index (χ2n) is 4.80. The molecule has 0 bridgehead atoms. The van der Waals surface area contributed by atoms with Crippen molar-refractivity contribution in [2.75, 3.05) is 19.6 Å². The van der Waals surface area contributed by atoms with E-state index in [1.807, 2.05) is 6.92 Å². The van der Waals surface area contributed by atoms with E-state index in [-0.39, 0.29) is 29.8 Å². The Morgan fingerprint density at radius 1 is 1.52 bits per heavy atom. The minimum absolute atomic E-state index is 0.0000243. The fourth-order valence-corrected chi connectivity index (χ4v) is 2.20. The van der Waals surface area contributed by atoms with Crippen LogP contribution in [0.1, 0.15) is 23.8 Å². The average molecular weight is 295 g/mol. The van der Waals surface area contributed by atoms with Crippen LogP contribution in [0, 0.1) is 5.92 Å². The van der Waals surface area contributed by atoms with Gasteiger partial charge in [-0.25, -0.2) is 9.48 Å². The Kier molecular flexibility index (Phi) is 4.51. The van der Waals surface area contributed by atoms with Gasteiger partial charge >= 0.3 is 5.97 Å². The summed E-state index contributed by atoms with van der Waals surface area (Å²) in [7, 11) is 0. The van der Waals surface area contributed by atoms with Crippen LogP contribution in [-0.4, -0.2) is 62.4 Å². The molecule has 2 amide bonds. The largest absolute Gasteiger partial charge is 0.476 e. The number of hydrogen-bond donors (Lipinski definition) is 2. The van der Waals surface area contributed by atoms with Gasteiger partial charge in [-0.2, -0.15) is 0 Å². The van der Waals surface area contributed by atoms with Crippen molar-refractivity contribution in [1.29, 1.82) is 0 Å². The molecule has 0 aliphatic carbocycles. The third-order valence-corrected chi connectivity index (χ3v) is 3.36. The number of aromatic carboxylic acids is 1. The SMILES string of the molecule is CCN1CC(C(=O)NCCn2cc(C(=O)O)nn2)CC1=O. The molecule has 2 N–H and O–H groups in total. The topological polar surface area (TPSA) is 117 Å². The zero-order valence-electron chi connectivity index (χ0n) is 11.7. The van der Waals surface area contributed by atoms with E-state index in [9.17, 15) is 14.4 Å². The second kappa shape index (κ2) is 6.33. The third-order valence-electron chi connectivity index (χ3n) is 3.36. The quantitative estimate of drug-likeness (QED) is 0.692. The molecular formula is C12H17N5O4. The number of nitrogens with zero attached hydrogens (tertiary/aromatic N) is 4. The number of carboxylic acids is 1. The highest BCUT2D eigenvalue weighted by molar-refractivity contribution is 5.89. The highest BCUT2D eigenvalue weighted by Gasteiger charge is 2.33. The molecule has 0 saturated carbocycles. The Morgan fingerprint density at radius 2 is 2.29 bits per heavy atom. The molecule has 9 nitrogen and oxygen atoms in total. The summed E-state index contributed by atoms with van der Waals surface area (Å²) in [6.07, 6.45) is 1.54. The van der Waals surface area contributed by atoms with Crippen LogP contribution < -0.4 is 5.32 Å². The molecule has 9 heteroatoms. The first kappa shape index (κ1) is 14.9. The van der Waals surface area contributed by atoms with Gasteiger partial charge in [0.25, 0.3) is 0 Å². The summed E-state index contributed by atoms with van der Waals surface area (Å²) >= 11 is 0. The summed E-state index contributed by atoms with van der Waals surface area (Å²) in [5, 5.41) is 18.5. The molecule has 0 spiro atoms. The lowest BCUT2D eigenvalue weighted by Crippen LogP contribution is -2.34. The van der Waals surface area contributed by atoms with Gasteiger partial charge in [-0.05, 0) is 6.92 Å². The molecule has 1 fully saturated rings. The van der Waals surface area contributed by atoms with Gasteiger partial charge in [-0.1, -0.05) is 5.21 Å². The minimum Gasteiger partial charge on any atom is -0.476 e. The van der Waals surface area contributed by atoms with Crippen molar-refractivity contribution in [3.8, 4) is 0 Å². The van der Waals surface area contributed by atoms with Gasteiger partial charge in [0.15, 0.2) is 5.69 Å². The van der Waals surface area contributed by atoms with Crippen molar-refractivity contribution >= 4 is 17.8 Å². The van der Waals surface area contributed by atoms with E-state index in [2.05, 4.69) is 15.6 Å². The van der Waals surface area contributed by atoms with Crippen molar-refractivity contribution in [3.63, 3.8) is 0 Å². The highest BCUT2D eigenvalue weighted by Crippen LogP contribution is 2.17. The molecule has 0 radical (unpaired) electrons. The van der Waals surface area contributed by atoms with Crippen molar-refractivity contribution < 1.29 is 19.5 Å². The summed E-state index contributed by atoms with van der Waals surface area (Å²) in [6.45, 7) is 3.57. The van der Waals surface area contributed by atoms with Gasteiger partial charge in [0, 0.05) is 26.1 Å². The number of hydrogen-bond acceptors (Lipinski definition) is 5. The van der Waals surface area contributed by atoms with Gasteiger partial charge in [0.05, 0.1) is 18.7 Å². The maximum atomic E-state index is 11.9. The molecule has 1 aliphatic rings. The average Bonchev–Trinajstić information content (AvgIpc) is 3.05. The van der Waals surface area contributed by atoms with E-state index in [1.165, 1.54) is 10.9 Å². The fraction of sp³-hybridized carbons (Fsp3) is 0.583. The van der Waals surface area contributed by atoms with E-state index in [0.717, 1.165) is 0 Å². The molecule has 1 saturated heterocycles. The smallest absolute Gasteiger partial charge is 0.358 e. The first-order valence-corrected chi connectivity index (χ1v) is 6.70. The van der Waals surface area contributed by atoms with E-state index in [4.69, 9.17) is 5.11 Å². The number of nitrogens with one attached hydrogen (secondary N) is 1. The first-order valence-electron chi connectivity index (χ1n) is 6.70. The van der Waals surface area contributed by atoms with Crippen LogP contribution in [-0.2, 0) is 16.1 Å². The van der Waals surface area contributed by atoms with E-state index >= 15 is 0 Å². The van der Waals surface area contributed by atoms with Crippen molar-refractivity contribution in [2.24, 2.45) is 5.92 Å². The summed E-state index contributed by atoms with van der Waals surface area (Å²) in [5.41, 5.74) is -0.138. The van der Waals surface area contributed by atoms with E-state index in [1.54, 1.807) is 4.90 Å². The predicted molar refractivity (Wildman–Crippen MR) is 70.4 cm³/mol. The van der Waals surface area contributed by atoms with E-state index in [0.29, 0.717) is 26.2 Å². The lowest BCUT2D eigenvalue weighted by molar-refractivity contribution is -0.128. The van der Waals surface area contributed by atoms with Gasteiger partial charge in [0.1, 0.15) is 0 Å². The summed E-state index contributed by atoms with van der Waals surface area (Å²) in [6, 6.07) is 0. The van der Waals surface area contributed by atoms with Crippen LogP contribution in [0.25, 0.3) is 0 Å². The normalized spacial score (nSPS) is 18.0. The first-order chi connectivity index (χ1) is 10.0. The number of aromatic nitrogens is 3. The molecule has 114 valence electrons. The molecule has 1 aromatic heterocycles. The molecule has 1 atom stereocenters. The van der Waals surface area contributed by atoms with Gasteiger partial charge in [-0.15, -0.1) is 5.10 Å². The Hall–Kier alpha value is -2.45. The molecule has 1 aliphatic heterocycles. The van der Waals surface area contributed by atoms with Crippen LogP contribution in [0.5, 0.6) is 0 Å². The predicted octanol–water partition coefficient (Wildman–Crippen LogP) is -1.04. The third kappa shape index (κ3) is 3.56. The van der Waals surface area contributed by atoms with Crippen LogP contribution in [0.2, 0.25) is 0 Å². The van der Waals surface area contributed by atoms with Crippen molar-refractivity contribution in [1.82, 2.24) is 25.2 Å². The Labute approximate surface area is 120 Å². The molecular weight excluding hydrogens is 278 g/mol. The summed E-state index contributed by atoms with van der Waals surface area (Å²) in [5.74, 6) is -1.63. The standard InChI is InChI=1S/C12H17N5O4/c1-2-16-6-8(5-10(16)18)11(19)13-3-4-17-7-9(12(20)21)14-15-17/h7-8H,2-6H2,1H3,(H,13,19)(H,20,21). The molecule has 21 heavy (non-hydrogen) atoms. The number of carboxylic acid groups (broad SMARTS) is 1. The van der Waals surface area contributed by atoms with Gasteiger partial charge < -0.3 is 15.3 Å². The lowest BCUT2D eigenvalue weighted by atomic mass is 10.1. The lowest BCUT2D eigenvalue weighted by Gasteiger charge is -2.13. The van der Waals surface area contributed by atoms with Crippen LogP contribution in [0.15, 0.2) is 6.20 Å². The monoisotopic (exact) mass is 295 g/mol. The van der Waals surface area contributed by atoms with Crippen molar-refractivity contribution in [2.45, 2.75) is 19.9 Å². The number of amides is 2. The Balaban J connectivity index is 1.77. The number of rotatable bonds is 6. The van der Waals surface area contributed by atoms with Gasteiger partial charge in [0.2, 0.25) is 11.8 Å². The maximum absolute atomic E-state index is 11.9.